The second kappa shape index (κ2) is 6.83. The van der Waals surface area contributed by atoms with Gasteiger partial charge in [0.2, 0.25) is 5.91 Å². The molecule has 0 heterocycles. The molecule has 1 rings (SSSR count). The Kier molecular flexibility index (Phi) is 5.41. The van der Waals surface area contributed by atoms with Crippen LogP contribution in [0.5, 0.6) is 11.5 Å². The van der Waals surface area contributed by atoms with E-state index in [0.717, 1.165) is 5.56 Å². The maximum Gasteiger partial charge on any atom is 0.235 e. The fraction of sp³-hybridized carbons (Fsp3) is 0.417. The van der Waals surface area contributed by atoms with Gasteiger partial charge in [0.05, 0.1) is 14.2 Å². The molecule has 0 bridgehead atoms. The Bertz CT molecular complexity index is 410. The lowest BCUT2D eigenvalue weighted by Crippen LogP contribution is -2.36. The molecule has 6 nitrogen and oxygen atoms in total. The SMILES string of the molecule is CNNC(=O)CC(N)c1ccc(OC)cc1OC. The lowest BCUT2D eigenvalue weighted by atomic mass is 10.0. The van der Waals surface area contributed by atoms with Gasteiger partial charge in [-0.1, -0.05) is 6.07 Å². The molecule has 18 heavy (non-hydrogen) atoms. The molecule has 1 aromatic carbocycles. The Morgan fingerprint density at radius 2 is 2.11 bits per heavy atom. The van der Waals surface area contributed by atoms with Crippen LogP contribution in [0.2, 0.25) is 0 Å². The van der Waals surface area contributed by atoms with E-state index in [9.17, 15) is 4.79 Å². The normalized spacial score (nSPS) is 11.8. The largest absolute Gasteiger partial charge is 0.497 e. The number of amides is 1. The number of carbonyl (C=O) groups excluding carboxylic acids is 1. The number of hydrazine groups is 1. The Morgan fingerprint density at radius 3 is 2.67 bits per heavy atom. The first-order valence-corrected chi connectivity index (χ1v) is 5.55. The number of hydrogen-bond donors (Lipinski definition) is 3. The number of nitrogens with two attached hydrogens (primary N) is 1. The van der Waals surface area contributed by atoms with Crippen molar-refractivity contribution in [3.63, 3.8) is 0 Å². The Balaban J connectivity index is 2.84. The van der Waals surface area contributed by atoms with Crippen LogP contribution < -0.4 is 26.1 Å². The van der Waals surface area contributed by atoms with Gasteiger partial charge in [0.25, 0.3) is 0 Å². The van der Waals surface area contributed by atoms with Gasteiger partial charge in [0.1, 0.15) is 11.5 Å². The van der Waals surface area contributed by atoms with Gasteiger partial charge in [-0.3, -0.25) is 10.2 Å². The fourth-order valence-electron chi connectivity index (χ4n) is 1.62. The molecule has 0 aromatic heterocycles. The first kappa shape index (κ1) is 14.3. The molecule has 0 aliphatic rings. The highest BCUT2D eigenvalue weighted by Crippen LogP contribution is 2.29. The van der Waals surface area contributed by atoms with Crippen LogP contribution in [0.1, 0.15) is 18.0 Å². The number of nitrogens with one attached hydrogen (secondary N) is 2. The minimum atomic E-state index is -0.431. The molecule has 0 spiro atoms. The molecule has 0 aliphatic carbocycles. The molecule has 1 atom stereocenters. The van der Waals surface area contributed by atoms with Crippen molar-refractivity contribution in [3.8, 4) is 11.5 Å². The number of methoxy groups -OCH3 is 2. The van der Waals surface area contributed by atoms with Gasteiger partial charge in [0, 0.05) is 31.1 Å². The number of hydrogen-bond acceptors (Lipinski definition) is 5. The summed E-state index contributed by atoms with van der Waals surface area (Å²) in [6, 6.07) is 4.90. The van der Waals surface area contributed by atoms with Gasteiger partial charge in [-0.15, -0.1) is 0 Å². The smallest absolute Gasteiger partial charge is 0.235 e. The Hall–Kier alpha value is -1.79. The van der Waals surface area contributed by atoms with E-state index in [1.165, 1.54) is 0 Å². The molecule has 0 fully saturated rings. The Morgan fingerprint density at radius 1 is 1.39 bits per heavy atom. The van der Waals surface area contributed by atoms with Crippen molar-refractivity contribution < 1.29 is 14.3 Å². The summed E-state index contributed by atoms with van der Waals surface area (Å²) >= 11 is 0. The maximum atomic E-state index is 11.4. The molecule has 1 unspecified atom stereocenters. The van der Waals surface area contributed by atoms with Crippen molar-refractivity contribution >= 4 is 5.91 Å². The molecule has 1 amide bonds. The van der Waals surface area contributed by atoms with E-state index in [-0.39, 0.29) is 12.3 Å². The summed E-state index contributed by atoms with van der Waals surface area (Å²) < 4.78 is 10.3. The summed E-state index contributed by atoms with van der Waals surface area (Å²) in [6.07, 6.45) is 0.170. The molecule has 0 saturated carbocycles. The van der Waals surface area contributed by atoms with Gasteiger partial charge in [-0.05, 0) is 6.07 Å². The van der Waals surface area contributed by atoms with Crippen molar-refractivity contribution in [2.75, 3.05) is 21.3 Å². The second-order valence-corrected chi connectivity index (χ2v) is 3.72. The van der Waals surface area contributed by atoms with E-state index >= 15 is 0 Å². The van der Waals surface area contributed by atoms with Crippen LogP contribution >= 0.6 is 0 Å². The first-order chi connectivity index (χ1) is 8.62. The Labute approximate surface area is 106 Å². The van der Waals surface area contributed by atoms with Crippen LogP contribution in [-0.4, -0.2) is 27.2 Å². The number of benzene rings is 1. The summed E-state index contributed by atoms with van der Waals surface area (Å²) in [7, 11) is 4.75. The predicted octanol–water partition coefficient (Wildman–Crippen LogP) is 0.344. The summed E-state index contributed by atoms with van der Waals surface area (Å²) in [5.74, 6) is 1.12. The quantitative estimate of drug-likeness (QED) is 0.637. The minimum Gasteiger partial charge on any atom is -0.497 e. The molecule has 1 aromatic rings. The van der Waals surface area contributed by atoms with E-state index in [1.54, 1.807) is 39.5 Å². The van der Waals surface area contributed by atoms with Crippen molar-refractivity contribution in [2.24, 2.45) is 5.73 Å². The van der Waals surface area contributed by atoms with E-state index in [1.807, 2.05) is 0 Å². The molecule has 4 N–H and O–H groups in total. The molecule has 0 radical (unpaired) electrons. The molecule has 6 heteroatoms. The lowest BCUT2D eigenvalue weighted by molar-refractivity contribution is -0.122. The highest BCUT2D eigenvalue weighted by atomic mass is 16.5. The lowest BCUT2D eigenvalue weighted by Gasteiger charge is -2.16. The monoisotopic (exact) mass is 253 g/mol. The van der Waals surface area contributed by atoms with E-state index in [2.05, 4.69) is 10.9 Å². The summed E-state index contributed by atoms with van der Waals surface area (Å²) in [6.45, 7) is 0. The maximum absolute atomic E-state index is 11.4. The molecular formula is C12H19N3O3. The van der Waals surface area contributed by atoms with Crippen LogP contribution in [0, 0.1) is 0 Å². The van der Waals surface area contributed by atoms with Crippen molar-refractivity contribution in [2.45, 2.75) is 12.5 Å². The summed E-state index contributed by atoms with van der Waals surface area (Å²) in [5, 5.41) is 0. The number of ether oxygens (including phenoxy) is 2. The van der Waals surface area contributed by atoms with Crippen LogP contribution in [0.25, 0.3) is 0 Å². The van der Waals surface area contributed by atoms with Crippen molar-refractivity contribution in [1.29, 1.82) is 0 Å². The predicted molar refractivity (Wildman–Crippen MR) is 68.3 cm³/mol. The zero-order chi connectivity index (χ0) is 13.5. The minimum absolute atomic E-state index is 0.170. The number of carbonyl (C=O) groups is 1. The summed E-state index contributed by atoms with van der Waals surface area (Å²) in [4.78, 5) is 11.4. The molecule has 100 valence electrons. The van der Waals surface area contributed by atoms with E-state index in [0.29, 0.717) is 11.5 Å². The third kappa shape index (κ3) is 3.61. The topological polar surface area (TPSA) is 85.6 Å². The zero-order valence-electron chi connectivity index (χ0n) is 10.8. The molecular weight excluding hydrogens is 234 g/mol. The van der Waals surface area contributed by atoms with Crippen LogP contribution in [0.4, 0.5) is 0 Å². The van der Waals surface area contributed by atoms with Gasteiger partial charge in [0.15, 0.2) is 0 Å². The summed E-state index contributed by atoms with van der Waals surface area (Å²) in [5.41, 5.74) is 11.8. The van der Waals surface area contributed by atoms with Crippen LogP contribution in [0.3, 0.4) is 0 Å². The van der Waals surface area contributed by atoms with Gasteiger partial charge >= 0.3 is 0 Å². The fourth-order valence-corrected chi connectivity index (χ4v) is 1.62. The third-order valence-corrected chi connectivity index (χ3v) is 2.51. The average molecular weight is 253 g/mol. The third-order valence-electron chi connectivity index (χ3n) is 2.51. The van der Waals surface area contributed by atoms with Crippen molar-refractivity contribution in [3.05, 3.63) is 23.8 Å². The van der Waals surface area contributed by atoms with Gasteiger partial charge in [-0.25, -0.2) is 5.43 Å². The van der Waals surface area contributed by atoms with Crippen LogP contribution in [-0.2, 0) is 4.79 Å². The zero-order valence-corrected chi connectivity index (χ0v) is 10.8. The highest BCUT2D eigenvalue weighted by molar-refractivity contribution is 5.76. The standard InChI is InChI=1S/C12H19N3O3/c1-14-15-12(16)7-10(13)9-5-4-8(17-2)6-11(9)18-3/h4-6,10,14H,7,13H2,1-3H3,(H,15,16). The van der Waals surface area contributed by atoms with Gasteiger partial charge in [-0.2, -0.15) is 0 Å². The molecule has 0 saturated heterocycles. The second-order valence-electron chi connectivity index (χ2n) is 3.72. The van der Waals surface area contributed by atoms with Crippen LogP contribution in [0.15, 0.2) is 18.2 Å². The van der Waals surface area contributed by atoms with Crippen molar-refractivity contribution in [1.82, 2.24) is 10.9 Å². The highest BCUT2D eigenvalue weighted by Gasteiger charge is 2.16. The van der Waals surface area contributed by atoms with E-state index in [4.69, 9.17) is 15.2 Å². The molecule has 0 aliphatic heterocycles. The first-order valence-electron chi connectivity index (χ1n) is 5.55. The van der Waals surface area contributed by atoms with Gasteiger partial charge < -0.3 is 15.2 Å². The number of rotatable bonds is 6. The van der Waals surface area contributed by atoms with E-state index < -0.39 is 6.04 Å². The average Bonchev–Trinajstić information content (AvgIpc) is 2.38.